The van der Waals surface area contributed by atoms with E-state index in [4.69, 9.17) is 11.6 Å². The van der Waals surface area contributed by atoms with Crippen molar-refractivity contribution in [1.82, 2.24) is 9.55 Å². The minimum Gasteiger partial charge on any atom is -0.355 e. The SMILES string of the molecule is CCCNc1nc(C)cn1-c1cc(Cl)ccc1F. The molecule has 0 aliphatic rings. The molecule has 18 heavy (non-hydrogen) atoms. The maximum absolute atomic E-state index is 13.8. The average Bonchev–Trinajstić information content (AvgIpc) is 2.71. The molecule has 1 aromatic carbocycles. The lowest BCUT2D eigenvalue weighted by atomic mass is 10.3. The number of benzene rings is 1. The molecule has 1 N–H and O–H groups in total. The third kappa shape index (κ3) is 2.64. The van der Waals surface area contributed by atoms with Crippen LogP contribution in [-0.4, -0.2) is 16.1 Å². The fourth-order valence-corrected chi connectivity index (χ4v) is 1.88. The van der Waals surface area contributed by atoms with E-state index in [-0.39, 0.29) is 5.82 Å². The average molecular weight is 268 g/mol. The van der Waals surface area contributed by atoms with Crippen molar-refractivity contribution in [2.75, 3.05) is 11.9 Å². The first-order valence-electron chi connectivity index (χ1n) is 5.87. The number of hydrogen-bond acceptors (Lipinski definition) is 2. The van der Waals surface area contributed by atoms with Gasteiger partial charge in [-0.05, 0) is 31.5 Å². The highest BCUT2D eigenvalue weighted by molar-refractivity contribution is 6.30. The van der Waals surface area contributed by atoms with Crippen LogP contribution in [0.15, 0.2) is 24.4 Å². The molecule has 1 heterocycles. The Morgan fingerprint density at radius 1 is 1.44 bits per heavy atom. The van der Waals surface area contributed by atoms with Gasteiger partial charge in [0, 0.05) is 17.8 Å². The zero-order valence-corrected chi connectivity index (χ0v) is 11.1. The van der Waals surface area contributed by atoms with Gasteiger partial charge in [-0.2, -0.15) is 0 Å². The topological polar surface area (TPSA) is 29.9 Å². The van der Waals surface area contributed by atoms with E-state index in [1.165, 1.54) is 12.1 Å². The summed E-state index contributed by atoms with van der Waals surface area (Å²) in [5, 5.41) is 3.67. The molecule has 3 nitrogen and oxygen atoms in total. The summed E-state index contributed by atoms with van der Waals surface area (Å²) in [6, 6.07) is 4.48. The summed E-state index contributed by atoms with van der Waals surface area (Å²) in [5.74, 6) is 0.312. The molecule has 0 amide bonds. The van der Waals surface area contributed by atoms with Crippen molar-refractivity contribution in [2.45, 2.75) is 20.3 Å². The smallest absolute Gasteiger partial charge is 0.207 e. The summed E-state index contributed by atoms with van der Waals surface area (Å²) < 4.78 is 15.5. The number of imidazole rings is 1. The number of nitrogens with one attached hydrogen (secondary N) is 1. The van der Waals surface area contributed by atoms with E-state index in [2.05, 4.69) is 17.2 Å². The Labute approximate surface area is 111 Å². The Balaban J connectivity index is 2.45. The molecule has 2 aromatic rings. The zero-order valence-electron chi connectivity index (χ0n) is 10.4. The number of nitrogens with zero attached hydrogens (tertiary/aromatic N) is 2. The van der Waals surface area contributed by atoms with E-state index in [1.807, 2.05) is 6.92 Å². The molecule has 1 aromatic heterocycles. The predicted octanol–water partition coefficient (Wildman–Crippen LogP) is 3.80. The highest BCUT2D eigenvalue weighted by Gasteiger charge is 2.11. The molecule has 5 heteroatoms. The third-order valence-electron chi connectivity index (χ3n) is 2.53. The van der Waals surface area contributed by atoms with Crippen LogP contribution in [0, 0.1) is 12.7 Å². The lowest BCUT2D eigenvalue weighted by Crippen LogP contribution is -2.07. The van der Waals surface area contributed by atoms with Crippen LogP contribution in [0.2, 0.25) is 5.02 Å². The molecule has 96 valence electrons. The van der Waals surface area contributed by atoms with E-state index in [1.54, 1.807) is 16.8 Å². The van der Waals surface area contributed by atoms with Crippen LogP contribution in [0.25, 0.3) is 5.69 Å². The van der Waals surface area contributed by atoms with Gasteiger partial charge in [0.05, 0.1) is 11.4 Å². The molecule has 0 unspecified atom stereocenters. The van der Waals surface area contributed by atoms with Gasteiger partial charge in [0.1, 0.15) is 5.82 Å². The number of hydrogen-bond donors (Lipinski definition) is 1. The van der Waals surface area contributed by atoms with E-state index in [0.29, 0.717) is 16.7 Å². The van der Waals surface area contributed by atoms with Gasteiger partial charge in [0.2, 0.25) is 5.95 Å². The summed E-state index contributed by atoms with van der Waals surface area (Å²) >= 11 is 5.91. The molecule has 0 bridgehead atoms. The van der Waals surface area contributed by atoms with Crippen molar-refractivity contribution in [1.29, 1.82) is 0 Å². The van der Waals surface area contributed by atoms with Gasteiger partial charge in [0.25, 0.3) is 0 Å². The molecule has 0 fully saturated rings. The molecular formula is C13H15ClFN3. The number of rotatable bonds is 4. The van der Waals surface area contributed by atoms with E-state index < -0.39 is 0 Å². The number of halogens is 2. The summed E-state index contributed by atoms with van der Waals surface area (Å²) in [6.07, 6.45) is 2.76. The molecular weight excluding hydrogens is 253 g/mol. The molecule has 0 aliphatic carbocycles. The van der Waals surface area contributed by atoms with Crippen LogP contribution in [0.1, 0.15) is 19.0 Å². The second-order valence-corrected chi connectivity index (χ2v) is 4.53. The van der Waals surface area contributed by atoms with Crippen molar-refractivity contribution in [3.8, 4) is 5.69 Å². The van der Waals surface area contributed by atoms with Crippen LogP contribution in [0.5, 0.6) is 0 Å². The van der Waals surface area contributed by atoms with Crippen LogP contribution in [-0.2, 0) is 0 Å². The summed E-state index contributed by atoms with van der Waals surface area (Å²) in [7, 11) is 0. The largest absolute Gasteiger partial charge is 0.355 e. The van der Waals surface area contributed by atoms with Crippen LogP contribution < -0.4 is 5.32 Å². The minimum atomic E-state index is -0.323. The normalized spacial score (nSPS) is 10.7. The van der Waals surface area contributed by atoms with Crippen molar-refractivity contribution in [2.24, 2.45) is 0 Å². The minimum absolute atomic E-state index is 0.323. The van der Waals surface area contributed by atoms with Crippen molar-refractivity contribution < 1.29 is 4.39 Å². The summed E-state index contributed by atoms with van der Waals surface area (Å²) in [6.45, 7) is 4.72. The first kappa shape index (κ1) is 12.9. The molecule has 2 rings (SSSR count). The first-order valence-corrected chi connectivity index (χ1v) is 6.25. The Kier molecular flexibility index (Phi) is 3.87. The quantitative estimate of drug-likeness (QED) is 0.913. The molecule has 0 saturated heterocycles. The van der Waals surface area contributed by atoms with E-state index in [9.17, 15) is 4.39 Å². The monoisotopic (exact) mass is 267 g/mol. The van der Waals surface area contributed by atoms with Crippen molar-refractivity contribution in [3.63, 3.8) is 0 Å². The standard InChI is InChI=1S/C13H15ClFN3/c1-3-6-16-13-17-9(2)8-18(13)12-7-10(14)4-5-11(12)15/h4-5,7-8H,3,6H2,1-2H3,(H,16,17). The zero-order chi connectivity index (χ0) is 13.1. The molecule has 0 radical (unpaired) electrons. The molecule has 0 spiro atoms. The van der Waals surface area contributed by atoms with Gasteiger partial charge in [-0.1, -0.05) is 18.5 Å². The predicted molar refractivity (Wildman–Crippen MR) is 72.0 cm³/mol. The van der Waals surface area contributed by atoms with Crippen LogP contribution in [0.4, 0.5) is 10.3 Å². The Morgan fingerprint density at radius 2 is 2.22 bits per heavy atom. The Bertz CT molecular complexity index is 551. The maximum atomic E-state index is 13.8. The summed E-state index contributed by atoms with van der Waals surface area (Å²) in [5.41, 5.74) is 1.23. The van der Waals surface area contributed by atoms with Gasteiger partial charge < -0.3 is 5.32 Å². The fourth-order valence-electron chi connectivity index (χ4n) is 1.71. The fraction of sp³-hybridized carbons (Fsp3) is 0.308. The van der Waals surface area contributed by atoms with Crippen molar-refractivity contribution >= 4 is 17.5 Å². The van der Waals surface area contributed by atoms with E-state index in [0.717, 1.165) is 18.7 Å². The maximum Gasteiger partial charge on any atom is 0.207 e. The van der Waals surface area contributed by atoms with Gasteiger partial charge in [-0.25, -0.2) is 9.37 Å². The van der Waals surface area contributed by atoms with Crippen LogP contribution in [0.3, 0.4) is 0 Å². The molecule has 0 saturated carbocycles. The third-order valence-corrected chi connectivity index (χ3v) is 2.76. The molecule has 0 atom stereocenters. The lowest BCUT2D eigenvalue weighted by molar-refractivity contribution is 0.618. The number of anilines is 1. The van der Waals surface area contributed by atoms with Crippen molar-refractivity contribution in [3.05, 3.63) is 40.9 Å². The van der Waals surface area contributed by atoms with Crippen LogP contribution >= 0.6 is 11.6 Å². The molecule has 0 aliphatic heterocycles. The number of aromatic nitrogens is 2. The van der Waals surface area contributed by atoms with Gasteiger partial charge in [-0.15, -0.1) is 0 Å². The highest BCUT2D eigenvalue weighted by atomic mass is 35.5. The lowest BCUT2D eigenvalue weighted by Gasteiger charge is -2.10. The summed E-state index contributed by atoms with van der Waals surface area (Å²) in [4.78, 5) is 4.34. The number of aryl methyl sites for hydroxylation is 1. The second-order valence-electron chi connectivity index (χ2n) is 4.10. The highest BCUT2D eigenvalue weighted by Crippen LogP contribution is 2.22. The Morgan fingerprint density at radius 3 is 2.94 bits per heavy atom. The van der Waals surface area contributed by atoms with E-state index >= 15 is 0 Å². The van der Waals surface area contributed by atoms with Gasteiger partial charge in [0.15, 0.2) is 0 Å². The van der Waals surface area contributed by atoms with Gasteiger partial charge in [-0.3, -0.25) is 4.57 Å². The Hall–Kier alpha value is -1.55. The second kappa shape index (κ2) is 5.40. The van der Waals surface area contributed by atoms with Gasteiger partial charge >= 0.3 is 0 Å². The first-order chi connectivity index (χ1) is 8.61.